The number of nitriles is 1. The van der Waals surface area contributed by atoms with E-state index in [1.54, 1.807) is 0 Å². The molecule has 4 heterocycles. The van der Waals surface area contributed by atoms with Crippen molar-refractivity contribution in [2.75, 3.05) is 5.32 Å². The van der Waals surface area contributed by atoms with E-state index < -0.39 is 0 Å². The van der Waals surface area contributed by atoms with E-state index in [2.05, 4.69) is 198 Å². The predicted molar refractivity (Wildman–Crippen MR) is 239 cm³/mol. The van der Waals surface area contributed by atoms with Crippen molar-refractivity contribution >= 4 is 39.4 Å². The van der Waals surface area contributed by atoms with Gasteiger partial charge in [0.25, 0.3) is 6.33 Å². The molecule has 3 aromatic heterocycles. The third kappa shape index (κ3) is 6.21. The molecule has 59 heavy (non-hydrogen) atoms. The zero-order chi connectivity index (χ0) is 40.1. The van der Waals surface area contributed by atoms with Gasteiger partial charge in [0.2, 0.25) is 0 Å². The van der Waals surface area contributed by atoms with Gasteiger partial charge in [-0.05, 0) is 81.3 Å². The predicted octanol–water partition coefficient (Wildman–Crippen LogP) is 12.1. The first-order valence-electron chi connectivity index (χ1n) is 19.9. The first-order valence-corrected chi connectivity index (χ1v) is 19.9. The molecule has 0 unspecified atom stereocenters. The molecule has 1 aliphatic heterocycles. The molecule has 1 aliphatic rings. The molecule has 0 saturated heterocycles. The van der Waals surface area contributed by atoms with Crippen molar-refractivity contribution in [3.05, 3.63) is 205 Å². The molecule has 0 amide bonds. The minimum Gasteiger partial charge on any atom is -0.340 e. The van der Waals surface area contributed by atoms with E-state index in [-0.39, 0.29) is 5.41 Å². The molecule has 282 valence electrons. The SMILES string of the molecule is CC(C)(C)c1ccnc(-n2c3c(c4ccccc42)C=CC(=C(C#N)c2cccc(-n4[c-][n+](-c5c(-c6ccccc6)cccc5-c5ccccc5)c5ccccc54)c2)N3)c1. The number of allylic oxidation sites excluding steroid dienone is 2. The number of imidazole rings is 1. The Bertz CT molecular complexity index is 3110. The molecular formula is C53H40N6. The van der Waals surface area contributed by atoms with Gasteiger partial charge >= 0.3 is 0 Å². The number of anilines is 1. The number of aromatic nitrogens is 4. The minimum atomic E-state index is -0.0463. The lowest BCUT2D eigenvalue weighted by molar-refractivity contribution is -0.571. The van der Waals surface area contributed by atoms with Gasteiger partial charge in [0.05, 0.1) is 39.2 Å². The zero-order valence-electron chi connectivity index (χ0n) is 33.1. The summed E-state index contributed by atoms with van der Waals surface area (Å²) < 4.78 is 6.46. The first kappa shape index (κ1) is 35.6. The van der Waals surface area contributed by atoms with Crippen molar-refractivity contribution in [3.8, 4) is 45.5 Å². The van der Waals surface area contributed by atoms with Gasteiger partial charge in [0.15, 0.2) is 0 Å². The Labute approximate surface area is 343 Å². The second-order valence-electron chi connectivity index (χ2n) is 15.9. The molecule has 6 aromatic carbocycles. The minimum absolute atomic E-state index is 0.0463. The Morgan fingerprint density at radius 1 is 0.695 bits per heavy atom. The highest BCUT2D eigenvalue weighted by atomic mass is 15.2. The molecule has 0 bridgehead atoms. The molecule has 0 atom stereocenters. The van der Waals surface area contributed by atoms with Crippen molar-refractivity contribution in [2.24, 2.45) is 0 Å². The van der Waals surface area contributed by atoms with Crippen molar-refractivity contribution in [3.63, 3.8) is 0 Å². The van der Waals surface area contributed by atoms with Crippen LogP contribution in [0.4, 0.5) is 5.82 Å². The summed E-state index contributed by atoms with van der Waals surface area (Å²) in [6.07, 6.45) is 9.78. The van der Waals surface area contributed by atoms with Crippen molar-refractivity contribution in [1.82, 2.24) is 14.1 Å². The Morgan fingerprint density at radius 2 is 1.36 bits per heavy atom. The number of hydrogen-bond acceptors (Lipinski definition) is 3. The number of hydrogen-bond donors (Lipinski definition) is 1. The Kier molecular flexibility index (Phi) is 8.65. The van der Waals surface area contributed by atoms with Crippen molar-refractivity contribution in [2.45, 2.75) is 26.2 Å². The highest BCUT2D eigenvalue weighted by molar-refractivity contribution is 6.01. The topological polar surface area (TPSA) is 62.5 Å². The fraction of sp³-hybridized carbons (Fsp3) is 0.0755. The summed E-state index contributed by atoms with van der Waals surface area (Å²) in [7, 11) is 0. The van der Waals surface area contributed by atoms with Crippen LogP contribution in [0.25, 0.3) is 73.0 Å². The molecule has 10 rings (SSSR count). The number of nitrogens with zero attached hydrogens (tertiary/aromatic N) is 5. The average molecular weight is 761 g/mol. The Morgan fingerprint density at radius 3 is 2.07 bits per heavy atom. The Hall–Kier alpha value is -7.75. The zero-order valence-corrected chi connectivity index (χ0v) is 33.1. The van der Waals surface area contributed by atoms with Gasteiger partial charge in [0.1, 0.15) is 17.7 Å². The number of para-hydroxylation sites is 4. The summed E-state index contributed by atoms with van der Waals surface area (Å²) in [5, 5.41) is 15.7. The van der Waals surface area contributed by atoms with Crippen LogP contribution in [-0.4, -0.2) is 14.1 Å². The van der Waals surface area contributed by atoms with Crippen LogP contribution in [0.1, 0.15) is 37.5 Å². The molecule has 6 heteroatoms. The lowest BCUT2D eigenvalue weighted by Gasteiger charge is -2.21. The van der Waals surface area contributed by atoms with E-state index in [4.69, 9.17) is 4.98 Å². The molecule has 6 nitrogen and oxygen atoms in total. The maximum atomic E-state index is 10.9. The summed E-state index contributed by atoms with van der Waals surface area (Å²) >= 11 is 0. The van der Waals surface area contributed by atoms with Gasteiger partial charge in [-0.3, -0.25) is 13.7 Å². The van der Waals surface area contributed by atoms with Crippen LogP contribution >= 0.6 is 0 Å². The average Bonchev–Trinajstić information content (AvgIpc) is 3.83. The largest absolute Gasteiger partial charge is 0.340 e. The summed E-state index contributed by atoms with van der Waals surface area (Å²) in [4.78, 5) is 4.85. The molecule has 0 spiro atoms. The lowest BCUT2D eigenvalue weighted by atomic mass is 9.88. The number of pyridine rings is 1. The quantitative estimate of drug-likeness (QED) is 0.104. The third-order valence-corrected chi connectivity index (χ3v) is 11.2. The summed E-state index contributed by atoms with van der Waals surface area (Å²) in [6, 6.07) is 59.3. The number of benzene rings is 6. The maximum Gasteiger partial charge on any atom is 0.269 e. The van der Waals surface area contributed by atoms with Crippen LogP contribution in [0.3, 0.4) is 0 Å². The highest BCUT2D eigenvalue weighted by Crippen LogP contribution is 2.40. The lowest BCUT2D eigenvalue weighted by Crippen LogP contribution is -2.31. The molecule has 0 aliphatic carbocycles. The van der Waals surface area contributed by atoms with Gasteiger partial charge in [-0.15, -0.1) is 0 Å². The summed E-state index contributed by atoms with van der Waals surface area (Å²) in [5.41, 5.74) is 13.7. The fourth-order valence-electron chi connectivity index (χ4n) is 8.27. The standard InChI is InChI=1S/C53H40N6/c1-53(2,3)39-30-31-55-50(33-39)59-47-25-11-10-22-43(47)44-28-29-46(56-52(44)59)45(34-54)38-20-14-21-40(32-38)57-35-58(49-27-13-12-26-48(49)57)51-41(36-16-6-4-7-17-36)23-15-24-42(51)37-18-8-5-9-19-37/h4-33,56H,1-3H3. The highest BCUT2D eigenvalue weighted by Gasteiger charge is 2.25. The van der Waals surface area contributed by atoms with Crippen LogP contribution in [0.2, 0.25) is 0 Å². The molecule has 1 N–H and O–H groups in total. The number of fused-ring (bicyclic) bond motifs is 4. The van der Waals surface area contributed by atoms with Crippen LogP contribution in [0.5, 0.6) is 0 Å². The van der Waals surface area contributed by atoms with Crippen LogP contribution in [-0.2, 0) is 5.41 Å². The second-order valence-corrected chi connectivity index (χ2v) is 15.9. The Balaban J connectivity index is 1.11. The van der Waals surface area contributed by atoms with E-state index in [1.807, 2.05) is 36.5 Å². The van der Waals surface area contributed by atoms with Crippen molar-refractivity contribution < 1.29 is 4.57 Å². The molecule has 9 aromatic rings. The van der Waals surface area contributed by atoms with E-state index in [9.17, 15) is 5.26 Å². The maximum absolute atomic E-state index is 10.9. The van der Waals surface area contributed by atoms with E-state index in [1.165, 1.54) is 5.56 Å². The number of nitrogens with one attached hydrogen (secondary N) is 1. The molecular weight excluding hydrogens is 721 g/mol. The van der Waals surface area contributed by atoms with Gasteiger partial charge in [0, 0.05) is 17.1 Å². The van der Waals surface area contributed by atoms with Gasteiger partial charge in [-0.2, -0.15) is 5.26 Å². The second kappa shape index (κ2) is 14.3. The van der Waals surface area contributed by atoms with Crippen LogP contribution in [0, 0.1) is 17.7 Å². The monoisotopic (exact) mass is 760 g/mol. The third-order valence-electron chi connectivity index (χ3n) is 11.2. The van der Waals surface area contributed by atoms with E-state index in [0.717, 1.165) is 78.3 Å². The molecule has 0 saturated carbocycles. The van der Waals surface area contributed by atoms with Gasteiger partial charge in [-0.1, -0.05) is 154 Å². The first-order chi connectivity index (χ1) is 28.9. The van der Waals surface area contributed by atoms with Gasteiger partial charge in [-0.25, -0.2) is 4.98 Å². The summed E-state index contributed by atoms with van der Waals surface area (Å²) in [5.74, 6) is 1.70. The molecule has 0 fully saturated rings. The van der Waals surface area contributed by atoms with E-state index >= 15 is 0 Å². The summed E-state index contributed by atoms with van der Waals surface area (Å²) in [6.45, 7) is 6.64. The fourth-order valence-corrected chi connectivity index (χ4v) is 8.27. The van der Waals surface area contributed by atoms with E-state index in [0.29, 0.717) is 11.3 Å². The number of rotatable bonds is 6. The van der Waals surface area contributed by atoms with Crippen LogP contribution in [0.15, 0.2) is 182 Å². The normalized spacial score (nSPS) is 13.3. The van der Waals surface area contributed by atoms with Crippen molar-refractivity contribution in [1.29, 1.82) is 5.26 Å². The van der Waals surface area contributed by atoms with Crippen LogP contribution < -0.4 is 9.88 Å². The smallest absolute Gasteiger partial charge is 0.269 e. The molecule has 0 radical (unpaired) electrons. The van der Waals surface area contributed by atoms with Gasteiger partial charge < -0.3 is 5.32 Å².